The van der Waals surface area contributed by atoms with Gasteiger partial charge in [-0.05, 0) is 48.9 Å². The molecule has 1 fully saturated rings. The van der Waals surface area contributed by atoms with Crippen LogP contribution in [0, 0.1) is 0 Å². The van der Waals surface area contributed by atoms with Crippen LogP contribution >= 0.6 is 0 Å². The van der Waals surface area contributed by atoms with E-state index in [9.17, 15) is 4.79 Å². The molecular formula is C20H24N2O2. The van der Waals surface area contributed by atoms with Crippen LogP contribution in [0.25, 0.3) is 11.1 Å². The third-order valence-corrected chi connectivity index (χ3v) is 4.96. The number of rotatable bonds is 6. The van der Waals surface area contributed by atoms with Gasteiger partial charge in [-0.25, -0.2) is 0 Å². The third kappa shape index (κ3) is 3.65. The van der Waals surface area contributed by atoms with Crippen LogP contribution in [-0.4, -0.2) is 23.6 Å². The highest BCUT2D eigenvalue weighted by atomic mass is 16.5. The van der Waals surface area contributed by atoms with E-state index in [0.717, 1.165) is 36.0 Å². The molecule has 4 nitrogen and oxygen atoms in total. The minimum absolute atomic E-state index is 0.0190. The Morgan fingerprint density at radius 3 is 2.54 bits per heavy atom. The summed E-state index contributed by atoms with van der Waals surface area (Å²) >= 11 is 0. The first kappa shape index (κ1) is 16.7. The molecule has 0 unspecified atom stereocenters. The van der Waals surface area contributed by atoms with E-state index in [-0.39, 0.29) is 17.6 Å². The zero-order valence-electron chi connectivity index (χ0n) is 14.3. The van der Waals surface area contributed by atoms with Gasteiger partial charge in [0, 0.05) is 19.5 Å². The lowest BCUT2D eigenvalue weighted by Gasteiger charge is -2.40. The first-order chi connectivity index (χ1) is 11.6. The Hall–Kier alpha value is -2.20. The van der Waals surface area contributed by atoms with Crippen LogP contribution in [-0.2, 0) is 9.53 Å². The van der Waals surface area contributed by atoms with Crippen molar-refractivity contribution < 1.29 is 9.53 Å². The van der Waals surface area contributed by atoms with Crippen LogP contribution in [0.1, 0.15) is 44.2 Å². The van der Waals surface area contributed by atoms with Crippen LogP contribution in [0.15, 0.2) is 48.8 Å². The average molecular weight is 324 g/mol. The average Bonchev–Trinajstić information content (AvgIpc) is 2.59. The Morgan fingerprint density at radius 1 is 1.25 bits per heavy atom. The summed E-state index contributed by atoms with van der Waals surface area (Å²) in [6, 6.07) is 12.2. The van der Waals surface area contributed by atoms with Gasteiger partial charge in [-0.2, -0.15) is 0 Å². The zero-order chi connectivity index (χ0) is 17.0. The molecule has 1 aromatic heterocycles. The monoisotopic (exact) mass is 324 g/mol. The number of carbonyl (C=O) groups excluding carboxylic acids is 1. The van der Waals surface area contributed by atoms with E-state index in [2.05, 4.69) is 34.6 Å². The van der Waals surface area contributed by atoms with Crippen LogP contribution in [0.2, 0.25) is 0 Å². The largest absolute Gasteiger partial charge is 0.378 e. The number of pyridine rings is 1. The molecule has 1 aromatic carbocycles. The summed E-state index contributed by atoms with van der Waals surface area (Å²) in [6.45, 7) is 2.01. The lowest BCUT2D eigenvalue weighted by molar-refractivity contribution is -0.134. The Bertz CT molecular complexity index is 673. The van der Waals surface area contributed by atoms with Crippen molar-refractivity contribution >= 4 is 5.91 Å². The van der Waals surface area contributed by atoms with Crippen LogP contribution in [0.5, 0.6) is 0 Å². The van der Waals surface area contributed by atoms with E-state index in [1.54, 1.807) is 13.3 Å². The van der Waals surface area contributed by atoms with Gasteiger partial charge >= 0.3 is 0 Å². The number of hydrogen-bond acceptors (Lipinski definition) is 3. The topological polar surface area (TPSA) is 51.2 Å². The highest BCUT2D eigenvalue weighted by Gasteiger charge is 2.39. The molecule has 1 saturated carbocycles. The maximum absolute atomic E-state index is 12.3. The molecule has 1 atom stereocenters. The zero-order valence-corrected chi connectivity index (χ0v) is 14.3. The number of benzene rings is 1. The summed E-state index contributed by atoms with van der Waals surface area (Å²) in [4.78, 5) is 16.4. The molecule has 1 amide bonds. The number of nitrogens with one attached hydrogen (secondary N) is 1. The van der Waals surface area contributed by atoms with Gasteiger partial charge in [-0.1, -0.05) is 30.3 Å². The number of hydrogen-bond donors (Lipinski definition) is 1. The van der Waals surface area contributed by atoms with Gasteiger partial charge < -0.3 is 10.1 Å². The quantitative estimate of drug-likeness (QED) is 0.877. The molecule has 2 aromatic rings. The van der Waals surface area contributed by atoms with E-state index in [1.165, 1.54) is 0 Å². The Labute approximate surface area is 143 Å². The van der Waals surface area contributed by atoms with Crippen molar-refractivity contribution in [3.63, 3.8) is 0 Å². The second-order valence-corrected chi connectivity index (χ2v) is 6.57. The fraction of sp³-hybridized carbons (Fsp3) is 0.400. The van der Waals surface area contributed by atoms with E-state index in [1.807, 2.05) is 25.3 Å². The standard InChI is InChI=1S/C20H24N2O2/c1-15(22-19(23)13-20(24-2)10-4-11-20)16-6-8-17(9-7-16)18-5-3-12-21-14-18/h3,5-9,12,14-15H,4,10-11,13H2,1-2H3,(H,22,23)/t15-/m0/s1. The number of amides is 1. The molecule has 3 rings (SSSR count). The van der Waals surface area contributed by atoms with Crippen LogP contribution in [0.3, 0.4) is 0 Å². The van der Waals surface area contributed by atoms with Gasteiger partial charge in [0.25, 0.3) is 0 Å². The number of ether oxygens (including phenoxy) is 1. The molecule has 1 aliphatic rings. The SMILES string of the molecule is COC1(CC(=O)N[C@@H](C)c2ccc(-c3cccnc3)cc2)CCC1. The minimum Gasteiger partial charge on any atom is -0.378 e. The number of carbonyl (C=O) groups is 1. The maximum atomic E-state index is 12.3. The first-order valence-corrected chi connectivity index (χ1v) is 8.47. The molecule has 0 spiro atoms. The first-order valence-electron chi connectivity index (χ1n) is 8.47. The molecule has 1 aliphatic carbocycles. The Morgan fingerprint density at radius 2 is 2.00 bits per heavy atom. The molecule has 126 valence electrons. The Kier molecular flexibility index (Phi) is 4.95. The third-order valence-electron chi connectivity index (χ3n) is 4.96. The summed E-state index contributed by atoms with van der Waals surface area (Å²) in [6.07, 6.45) is 7.16. The van der Waals surface area contributed by atoms with E-state index < -0.39 is 0 Å². The van der Waals surface area contributed by atoms with Crippen molar-refractivity contribution in [2.45, 2.75) is 44.2 Å². The van der Waals surface area contributed by atoms with Crippen molar-refractivity contribution in [3.05, 3.63) is 54.4 Å². The van der Waals surface area contributed by atoms with Gasteiger partial charge in [0.15, 0.2) is 0 Å². The van der Waals surface area contributed by atoms with Crippen molar-refractivity contribution in [2.24, 2.45) is 0 Å². The second-order valence-electron chi connectivity index (χ2n) is 6.57. The molecule has 0 bridgehead atoms. The number of aromatic nitrogens is 1. The van der Waals surface area contributed by atoms with Gasteiger partial charge in [0.2, 0.25) is 5.91 Å². The lowest BCUT2D eigenvalue weighted by Crippen LogP contribution is -2.44. The van der Waals surface area contributed by atoms with Gasteiger partial charge in [-0.15, -0.1) is 0 Å². The van der Waals surface area contributed by atoms with Crippen molar-refractivity contribution in [1.29, 1.82) is 0 Å². The molecule has 1 N–H and O–H groups in total. The lowest BCUT2D eigenvalue weighted by atomic mass is 9.77. The molecule has 0 aliphatic heterocycles. The normalized spacial score (nSPS) is 16.9. The summed E-state index contributed by atoms with van der Waals surface area (Å²) in [5.74, 6) is 0.0559. The molecular weight excluding hydrogens is 300 g/mol. The molecule has 1 heterocycles. The molecule has 0 radical (unpaired) electrons. The van der Waals surface area contributed by atoms with Crippen LogP contribution in [0.4, 0.5) is 0 Å². The number of methoxy groups -OCH3 is 1. The maximum Gasteiger partial charge on any atom is 0.223 e. The molecule has 4 heteroatoms. The Balaban J connectivity index is 1.61. The summed E-state index contributed by atoms with van der Waals surface area (Å²) in [7, 11) is 1.70. The fourth-order valence-corrected chi connectivity index (χ4v) is 3.19. The van der Waals surface area contributed by atoms with Gasteiger partial charge in [-0.3, -0.25) is 9.78 Å². The summed E-state index contributed by atoms with van der Waals surface area (Å²) in [5.41, 5.74) is 3.08. The highest BCUT2D eigenvalue weighted by molar-refractivity contribution is 5.77. The van der Waals surface area contributed by atoms with Crippen molar-refractivity contribution in [1.82, 2.24) is 10.3 Å². The van der Waals surface area contributed by atoms with E-state index in [4.69, 9.17) is 4.74 Å². The smallest absolute Gasteiger partial charge is 0.223 e. The predicted octanol–water partition coefficient (Wildman–Crippen LogP) is 3.89. The second kappa shape index (κ2) is 7.14. The van der Waals surface area contributed by atoms with Crippen LogP contribution < -0.4 is 5.32 Å². The molecule has 0 saturated heterocycles. The van der Waals surface area contributed by atoms with E-state index >= 15 is 0 Å². The van der Waals surface area contributed by atoms with Gasteiger partial charge in [0.05, 0.1) is 18.1 Å². The van der Waals surface area contributed by atoms with Crippen molar-refractivity contribution in [3.8, 4) is 11.1 Å². The van der Waals surface area contributed by atoms with E-state index in [0.29, 0.717) is 6.42 Å². The predicted molar refractivity (Wildman–Crippen MR) is 94.4 cm³/mol. The number of nitrogens with zero attached hydrogens (tertiary/aromatic N) is 1. The van der Waals surface area contributed by atoms with Crippen molar-refractivity contribution in [2.75, 3.05) is 7.11 Å². The molecule has 24 heavy (non-hydrogen) atoms. The fourth-order valence-electron chi connectivity index (χ4n) is 3.19. The summed E-state index contributed by atoms with van der Waals surface area (Å²) < 4.78 is 5.53. The minimum atomic E-state index is -0.228. The summed E-state index contributed by atoms with van der Waals surface area (Å²) in [5, 5.41) is 3.08. The van der Waals surface area contributed by atoms with Gasteiger partial charge in [0.1, 0.15) is 0 Å². The highest BCUT2D eigenvalue weighted by Crippen LogP contribution is 2.38.